The number of rotatable bonds is 3. The van der Waals surface area contributed by atoms with E-state index >= 15 is 0 Å². The number of benzene rings is 1. The van der Waals surface area contributed by atoms with Gasteiger partial charge in [-0.2, -0.15) is 0 Å². The summed E-state index contributed by atoms with van der Waals surface area (Å²) in [5.41, 5.74) is 2.55. The average molecular weight is 285 g/mol. The van der Waals surface area contributed by atoms with Crippen molar-refractivity contribution in [2.45, 2.75) is 13.5 Å². The maximum atomic E-state index is 13.1. The summed E-state index contributed by atoms with van der Waals surface area (Å²) in [6.07, 6.45) is 1.74. The third-order valence-electron chi connectivity index (χ3n) is 2.88. The summed E-state index contributed by atoms with van der Waals surface area (Å²) >= 11 is 1.47. The first-order valence-electron chi connectivity index (χ1n) is 6.20. The van der Waals surface area contributed by atoms with Crippen molar-refractivity contribution in [1.29, 1.82) is 0 Å². The van der Waals surface area contributed by atoms with E-state index in [0.717, 1.165) is 26.6 Å². The Morgan fingerprint density at radius 3 is 3.00 bits per heavy atom. The van der Waals surface area contributed by atoms with Gasteiger partial charge in [-0.15, -0.1) is 11.3 Å². The van der Waals surface area contributed by atoms with Gasteiger partial charge in [-0.3, -0.25) is 9.98 Å². The van der Waals surface area contributed by atoms with E-state index in [9.17, 15) is 4.39 Å². The zero-order valence-electron chi connectivity index (χ0n) is 10.9. The lowest BCUT2D eigenvalue weighted by Gasteiger charge is -1.98. The molecule has 0 N–H and O–H groups in total. The van der Waals surface area contributed by atoms with E-state index < -0.39 is 0 Å². The molecule has 3 rings (SSSR count). The second-order valence-corrected chi connectivity index (χ2v) is 5.45. The average Bonchev–Trinajstić information content (AvgIpc) is 2.87. The lowest BCUT2D eigenvalue weighted by Crippen LogP contribution is -1.98. The van der Waals surface area contributed by atoms with Crippen molar-refractivity contribution in [3.8, 4) is 0 Å². The first-order chi connectivity index (χ1) is 9.72. The summed E-state index contributed by atoms with van der Waals surface area (Å²) in [7, 11) is 0. The Morgan fingerprint density at radius 1 is 1.30 bits per heavy atom. The third-order valence-corrected chi connectivity index (χ3v) is 3.88. The molecular weight excluding hydrogens is 273 g/mol. The van der Waals surface area contributed by atoms with Crippen LogP contribution in [0, 0.1) is 5.82 Å². The molecule has 2 aromatic heterocycles. The van der Waals surface area contributed by atoms with Crippen molar-refractivity contribution in [1.82, 2.24) is 9.97 Å². The summed E-state index contributed by atoms with van der Waals surface area (Å²) in [5, 5.41) is 0.876. The number of halogens is 1. The highest BCUT2D eigenvalue weighted by atomic mass is 32.1. The number of fused-ring (bicyclic) bond motifs is 1. The molecular formula is C15H12FN3S. The maximum Gasteiger partial charge on any atom is 0.124 e. The number of aromatic nitrogens is 2. The Morgan fingerprint density at radius 2 is 2.20 bits per heavy atom. The molecule has 3 aromatic rings. The molecule has 0 bridgehead atoms. The van der Waals surface area contributed by atoms with Gasteiger partial charge in [-0.1, -0.05) is 6.07 Å². The largest absolute Gasteiger partial charge is 0.281 e. The van der Waals surface area contributed by atoms with Gasteiger partial charge in [-0.25, -0.2) is 9.37 Å². The van der Waals surface area contributed by atoms with Gasteiger partial charge in [0.1, 0.15) is 10.8 Å². The fourth-order valence-corrected chi connectivity index (χ4v) is 2.77. The first-order valence-corrected chi connectivity index (χ1v) is 7.01. The third kappa shape index (κ3) is 2.72. The Bertz CT molecular complexity index is 765. The molecule has 0 amide bonds. The van der Waals surface area contributed by atoms with E-state index in [1.54, 1.807) is 12.3 Å². The molecule has 0 aliphatic carbocycles. The Hall–Kier alpha value is -2.14. The topological polar surface area (TPSA) is 38.1 Å². The summed E-state index contributed by atoms with van der Waals surface area (Å²) in [6.45, 7) is 2.42. The van der Waals surface area contributed by atoms with Crippen LogP contribution in [0.3, 0.4) is 0 Å². The number of nitrogens with zero attached hydrogens (tertiary/aromatic N) is 3. The van der Waals surface area contributed by atoms with Crippen molar-refractivity contribution in [2.75, 3.05) is 0 Å². The molecule has 0 saturated carbocycles. The predicted molar refractivity (Wildman–Crippen MR) is 79.7 cm³/mol. The van der Waals surface area contributed by atoms with Crippen LogP contribution in [0.15, 0.2) is 47.6 Å². The fourth-order valence-electron chi connectivity index (χ4n) is 1.86. The van der Waals surface area contributed by atoms with Crippen LogP contribution in [-0.4, -0.2) is 15.7 Å². The maximum absolute atomic E-state index is 13.1. The first kappa shape index (κ1) is 12.9. The molecule has 0 spiro atoms. The van der Waals surface area contributed by atoms with Crippen molar-refractivity contribution >= 4 is 27.3 Å². The van der Waals surface area contributed by atoms with Crippen LogP contribution in [0.2, 0.25) is 0 Å². The summed E-state index contributed by atoms with van der Waals surface area (Å²) in [6, 6.07) is 10.4. The van der Waals surface area contributed by atoms with Crippen LogP contribution in [0.4, 0.5) is 4.39 Å². The van der Waals surface area contributed by atoms with Gasteiger partial charge in [0.2, 0.25) is 0 Å². The van der Waals surface area contributed by atoms with E-state index in [1.165, 1.54) is 23.5 Å². The SMILES string of the molecule is CC(=NCc1nc2ccc(F)cc2s1)c1ccccn1. The van der Waals surface area contributed by atoms with Crippen molar-refractivity contribution in [2.24, 2.45) is 4.99 Å². The van der Waals surface area contributed by atoms with Crippen LogP contribution in [0.25, 0.3) is 10.2 Å². The van der Waals surface area contributed by atoms with Crippen LogP contribution in [0.5, 0.6) is 0 Å². The van der Waals surface area contributed by atoms with Crippen LogP contribution >= 0.6 is 11.3 Å². The number of thiazole rings is 1. The zero-order chi connectivity index (χ0) is 13.9. The van der Waals surface area contributed by atoms with E-state index in [1.807, 2.05) is 25.1 Å². The molecule has 3 nitrogen and oxygen atoms in total. The minimum atomic E-state index is -0.235. The van der Waals surface area contributed by atoms with Gasteiger partial charge in [0.15, 0.2) is 0 Å². The number of pyridine rings is 1. The summed E-state index contributed by atoms with van der Waals surface area (Å²) < 4.78 is 14.0. The Labute approximate surface area is 119 Å². The van der Waals surface area contributed by atoms with E-state index in [4.69, 9.17) is 0 Å². The fraction of sp³-hybridized carbons (Fsp3) is 0.133. The number of hydrogen-bond donors (Lipinski definition) is 0. The molecule has 20 heavy (non-hydrogen) atoms. The van der Waals surface area contributed by atoms with Crippen LogP contribution < -0.4 is 0 Å². The molecule has 0 aliphatic rings. The quantitative estimate of drug-likeness (QED) is 0.686. The van der Waals surface area contributed by atoms with Crippen LogP contribution in [-0.2, 0) is 6.54 Å². The number of aliphatic imine (C=N–C) groups is 1. The highest BCUT2D eigenvalue weighted by molar-refractivity contribution is 7.18. The molecule has 2 heterocycles. The smallest absolute Gasteiger partial charge is 0.124 e. The molecule has 100 valence electrons. The van der Waals surface area contributed by atoms with E-state index in [0.29, 0.717) is 6.54 Å². The number of hydrogen-bond acceptors (Lipinski definition) is 4. The normalized spacial score (nSPS) is 12.0. The zero-order valence-corrected chi connectivity index (χ0v) is 11.7. The molecule has 0 radical (unpaired) electrons. The minimum Gasteiger partial charge on any atom is -0.281 e. The summed E-state index contributed by atoms with van der Waals surface area (Å²) in [4.78, 5) is 13.2. The lowest BCUT2D eigenvalue weighted by atomic mass is 10.2. The molecule has 0 saturated heterocycles. The monoisotopic (exact) mass is 285 g/mol. The Kier molecular flexibility index (Phi) is 3.52. The van der Waals surface area contributed by atoms with Gasteiger partial charge in [0.05, 0.1) is 28.2 Å². The molecule has 0 fully saturated rings. The second kappa shape index (κ2) is 5.46. The van der Waals surface area contributed by atoms with Gasteiger partial charge in [0, 0.05) is 6.20 Å². The molecule has 0 unspecified atom stereocenters. The molecule has 1 aromatic carbocycles. The highest BCUT2D eigenvalue weighted by Crippen LogP contribution is 2.23. The Balaban J connectivity index is 1.83. The minimum absolute atomic E-state index is 0.235. The van der Waals surface area contributed by atoms with E-state index in [2.05, 4.69) is 15.0 Å². The van der Waals surface area contributed by atoms with Crippen molar-refractivity contribution < 1.29 is 4.39 Å². The van der Waals surface area contributed by atoms with Crippen molar-refractivity contribution in [3.05, 3.63) is 59.1 Å². The van der Waals surface area contributed by atoms with Crippen molar-refractivity contribution in [3.63, 3.8) is 0 Å². The summed E-state index contributed by atoms with van der Waals surface area (Å²) in [5.74, 6) is -0.235. The van der Waals surface area contributed by atoms with Crippen LogP contribution in [0.1, 0.15) is 17.6 Å². The standard InChI is InChI=1S/C15H12FN3S/c1-10(12-4-2-3-7-17-12)18-9-15-19-13-6-5-11(16)8-14(13)20-15/h2-8H,9H2,1H3. The molecule has 5 heteroatoms. The molecule has 0 atom stereocenters. The van der Waals surface area contributed by atoms with Gasteiger partial charge >= 0.3 is 0 Å². The predicted octanol–water partition coefficient (Wildman–Crippen LogP) is 3.84. The van der Waals surface area contributed by atoms with Gasteiger partial charge in [-0.05, 0) is 37.3 Å². The van der Waals surface area contributed by atoms with E-state index in [-0.39, 0.29) is 5.82 Å². The molecule has 0 aliphatic heterocycles. The lowest BCUT2D eigenvalue weighted by molar-refractivity contribution is 0.630. The second-order valence-electron chi connectivity index (χ2n) is 4.34. The van der Waals surface area contributed by atoms with Gasteiger partial charge < -0.3 is 0 Å². The van der Waals surface area contributed by atoms with Gasteiger partial charge in [0.25, 0.3) is 0 Å². The highest BCUT2D eigenvalue weighted by Gasteiger charge is 2.05.